The van der Waals surface area contributed by atoms with Gasteiger partial charge in [-0.2, -0.15) is 11.8 Å². The Morgan fingerprint density at radius 3 is 2.43 bits per heavy atom. The highest BCUT2D eigenvalue weighted by Gasteiger charge is 2.20. The smallest absolute Gasteiger partial charge is 0.0789 e. The summed E-state index contributed by atoms with van der Waals surface area (Å²) in [4.78, 5) is 0. The molecule has 0 radical (unpaired) electrons. The van der Waals surface area contributed by atoms with Crippen molar-refractivity contribution in [3.8, 4) is 0 Å². The second kappa shape index (κ2) is 2.03. The molecule has 0 unspecified atom stereocenters. The summed E-state index contributed by atoms with van der Waals surface area (Å²) in [6, 6.07) is 0.0324. The van der Waals surface area contributed by atoms with Crippen LogP contribution in [0.2, 0.25) is 0 Å². The number of nitrogens with two attached hydrogens (primary N) is 1. The SMILES string of the molecule is N[C@H]1CSC[C@@H]1O. The van der Waals surface area contributed by atoms with Crippen molar-refractivity contribution in [3.05, 3.63) is 0 Å². The number of thioether (sulfide) groups is 1. The van der Waals surface area contributed by atoms with Crippen LogP contribution in [-0.2, 0) is 0 Å². The van der Waals surface area contributed by atoms with Gasteiger partial charge in [-0.25, -0.2) is 0 Å². The molecule has 0 aromatic heterocycles. The van der Waals surface area contributed by atoms with Crippen molar-refractivity contribution < 1.29 is 5.11 Å². The van der Waals surface area contributed by atoms with Crippen LogP contribution in [0.3, 0.4) is 0 Å². The monoisotopic (exact) mass is 119 g/mol. The number of aliphatic hydroxyl groups excluding tert-OH is 1. The predicted molar refractivity (Wildman–Crippen MR) is 31.3 cm³/mol. The van der Waals surface area contributed by atoms with Crippen LogP contribution in [0.4, 0.5) is 0 Å². The van der Waals surface area contributed by atoms with Crippen molar-refractivity contribution >= 4 is 11.8 Å². The Kier molecular flexibility index (Phi) is 1.57. The Bertz CT molecular complexity index is 60.7. The van der Waals surface area contributed by atoms with E-state index < -0.39 is 0 Å². The first kappa shape index (κ1) is 5.41. The van der Waals surface area contributed by atoms with Crippen molar-refractivity contribution in [2.75, 3.05) is 11.5 Å². The zero-order valence-corrected chi connectivity index (χ0v) is 4.82. The summed E-state index contributed by atoms with van der Waals surface area (Å²) in [6.45, 7) is 0. The standard InChI is InChI=1S/C4H9NOS/c5-3-1-7-2-4(3)6/h3-4,6H,1-2,5H2/t3-,4-/m0/s1. The lowest BCUT2D eigenvalue weighted by atomic mass is 10.2. The highest BCUT2D eigenvalue weighted by Crippen LogP contribution is 2.15. The molecule has 0 aromatic carbocycles. The van der Waals surface area contributed by atoms with Gasteiger partial charge in [0.1, 0.15) is 0 Å². The van der Waals surface area contributed by atoms with E-state index in [4.69, 9.17) is 10.8 Å². The Morgan fingerprint density at radius 2 is 2.29 bits per heavy atom. The molecule has 0 spiro atoms. The van der Waals surface area contributed by atoms with Crippen molar-refractivity contribution in [3.63, 3.8) is 0 Å². The van der Waals surface area contributed by atoms with E-state index in [9.17, 15) is 0 Å². The Labute approximate surface area is 47.1 Å². The molecule has 1 fully saturated rings. The van der Waals surface area contributed by atoms with Gasteiger partial charge in [-0.15, -0.1) is 0 Å². The van der Waals surface area contributed by atoms with Crippen molar-refractivity contribution in [2.45, 2.75) is 12.1 Å². The van der Waals surface area contributed by atoms with Gasteiger partial charge in [0.15, 0.2) is 0 Å². The third kappa shape index (κ3) is 1.08. The van der Waals surface area contributed by atoms with Gasteiger partial charge in [-0.05, 0) is 0 Å². The van der Waals surface area contributed by atoms with Crippen molar-refractivity contribution in [1.82, 2.24) is 0 Å². The van der Waals surface area contributed by atoms with E-state index in [1.807, 2.05) is 0 Å². The summed E-state index contributed by atoms with van der Waals surface area (Å²) >= 11 is 1.72. The van der Waals surface area contributed by atoms with Gasteiger partial charge in [0.25, 0.3) is 0 Å². The average Bonchev–Trinajstić information content (AvgIpc) is 1.91. The van der Waals surface area contributed by atoms with Gasteiger partial charge < -0.3 is 10.8 Å². The minimum absolute atomic E-state index is 0.0324. The first-order valence-electron chi connectivity index (χ1n) is 2.32. The Hall–Kier alpha value is 0.270. The Morgan fingerprint density at radius 1 is 1.57 bits per heavy atom. The van der Waals surface area contributed by atoms with E-state index in [-0.39, 0.29) is 12.1 Å². The van der Waals surface area contributed by atoms with Gasteiger partial charge in [-0.3, -0.25) is 0 Å². The van der Waals surface area contributed by atoms with E-state index in [0.717, 1.165) is 11.5 Å². The van der Waals surface area contributed by atoms with Gasteiger partial charge in [0, 0.05) is 17.5 Å². The van der Waals surface area contributed by atoms with Crippen LogP contribution in [0, 0.1) is 0 Å². The lowest BCUT2D eigenvalue weighted by molar-refractivity contribution is 0.183. The molecule has 0 amide bonds. The molecule has 1 aliphatic heterocycles. The molecule has 3 heteroatoms. The lowest BCUT2D eigenvalue weighted by Gasteiger charge is -2.03. The molecule has 2 nitrogen and oxygen atoms in total. The van der Waals surface area contributed by atoms with Crippen molar-refractivity contribution in [2.24, 2.45) is 5.73 Å². The summed E-state index contributed by atoms with van der Waals surface area (Å²) in [7, 11) is 0. The average molecular weight is 119 g/mol. The second-order valence-electron chi connectivity index (χ2n) is 1.77. The van der Waals surface area contributed by atoms with Crippen LogP contribution >= 0.6 is 11.8 Å². The quantitative estimate of drug-likeness (QED) is 0.448. The van der Waals surface area contributed by atoms with Crippen LogP contribution in [0.25, 0.3) is 0 Å². The molecule has 7 heavy (non-hydrogen) atoms. The lowest BCUT2D eigenvalue weighted by Crippen LogP contribution is -2.32. The molecule has 1 saturated heterocycles. The van der Waals surface area contributed by atoms with Crippen LogP contribution in [0.1, 0.15) is 0 Å². The molecular weight excluding hydrogens is 110 g/mol. The number of rotatable bonds is 0. The number of aliphatic hydroxyl groups is 1. The fourth-order valence-electron chi connectivity index (χ4n) is 0.560. The number of hydrogen-bond donors (Lipinski definition) is 2. The zero-order valence-electron chi connectivity index (χ0n) is 4.00. The van der Waals surface area contributed by atoms with Crippen LogP contribution in [0.15, 0.2) is 0 Å². The Balaban J connectivity index is 2.33. The largest absolute Gasteiger partial charge is 0.391 e. The van der Waals surface area contributed by atoms with Gasteiger partial charge in [0.2, 0.25) is 0 Å². The topological polar surface area (TPSA) is 46.2 Å². The normalized spacial score (nSPS) is 42.0. The van der Waals surface area contributed by atoms with Crippen LogP contribution in [-0.4, -0.2) is 28.8 Å². The van der Waals surface area contributed by atoms with E-state index in [2.05, 4.69) is 0 Å². The molecule has 1 rings (SSSR count). The first-order valence-corrected chi connectivity index (χ1v) is 3.47. The second-order valence-corrected chi connectivity index (χ2v) is 2.84. The summed E-state index contributed by atoms with van der Waals surface area (Å²) in [5, 5.41) is 8.85. The molecule has 1 aliphatic rings. The summed E-state index contributed by atoms with van der Waals surface area (Å²) in [5.41, 5.74) is 5.41. The van der Waals surface area contributed by atoms with Gasteiger partial charge in [-0.1, -0.05) is 0 Å². The molecule has 1 heterocycles. The third-order valence-corrected chi connectivity index (χ3v) is 2.29. The third-order valence-electron chi connectivity index (χ3n) is 1.09. The molecule has 0 bridgehead atoms. The molecule has 2 atom stereocenters. The van der Waals surface area contributed by atoms with E-state index in [0.29, 0.717) is 0 Å². The summed E-state index contributed by atoms with van der Waals surface area (Å²) in [5.74, 6) is 1.74. The van der Waals surface area contributed by atoms with Crippen molar-refractivity contribution in [1.29, 1.82) is 0 Å². The highest BCUT2D eigenvalue weighted by atomic mass is 32.2. The zero-order chi connectivity index (χ0) is 5.28. The minimum atomic E-state index is -0.245. The van der Waals surface area contributed by atoms with Gasteiger partial charge >= 0.3 is 0 Å². The first-order chi connectivity index (χ1) is 3.30. The molecule has 3 N–H and O–H groups in total. The van der Waals surface area contributed by atoms with E-state index >= 15 is 0 Å². The van der Waals surface area contributed by atoms with E-state index in [1.54, 1.807) is 11.8 Å². The fourth-order valence-corrected chi connectivity index (χ4v) is 1.68. The molecule has 0 saturated carbocycles. The minimum Gasteiger partial charge on any atom is -0.391 e. The fraction of sp³-hybridized carbons (Fsp3) is 1.00. The summed E-state index contributed by atoms with van der Waals surface area (Å²) < 4.78 is 0. The van der Waals surface area contributed by atoms with E-state index in [1.165, 1.54) is 0 Å². The maximum Gasteiger partial charge on any atom is 0.0789 e. The molecule has 42 valence electrons. The van der Waals surface area contributed by atoms with Crippen LogP contribution in [0.5, 0.6) is 0 Å². The molecule has 0 aromatic rings. The number of hydrogen-bond acceptors (Lipinski definition) is 3. The molecule has 0 aliphatic carbocycles. The van der Waals surface area contributed by atoms with Gasteiger partial charge in [0.05, 0.1) is 6.10 Å². The summed E-state index contributed by atoms with van der Waals surface area (Å²) in [6.07, 6.45) is -0.245. The maximum atomic E-state index is 8.85. The maximum absolute atomic E-state index is 8.85. The predicted octanol–water partition coefficient (Wildman–Crippen LogP) is -0.579. The van der Waals surface area contributed by atoms with Crippen LogP contribution < -0.4 is 5.73 Å². The molecular formula is C4H9NOS. The highest BCUT2D eigenvalue weighted by molar-refractivity contribution is 7.99.